The highest BCUT2D eigenvalue weighted by atomic mass is 14.6. The molecule has 1 rings (SSSR count). The molecular formula is C7H8N2. The molecule has 0 saturated carbocycles. The number of hydrogen-bond donors (Lipinski definition) is 0. The van der Waals surface area contributed by atoms with E-state index in [1.165, 1.54) is 6.20 Å². The number of nitrogens with zero attached hydrogens (tertiary/aromatic N) is 2. The van der Waals surface area contributed by atoms with E-state index >= 15 is 0 Å². The molecule has 0 atom stereocenters. The standard InChI is InChI=1S/C6H4N2.CH4/c7-4-6-2-1-3-8-5-6;/h1-3,5H;1H4. The van der Waals surface area contributed by atoms with Crippen LogP contribution < -0.4 is 0 Å². The van der Waals surface area contributed by atoms with E-state index in [-0.39, 0.29) is 7.43 Å². The summed E-state index contributed by atoms with van der Waals surface area (Å²) in [6.07, 6.45) is 3.17. The molecule has 0 fully saturated rings. The molecular weight excluding hydrogens is 112 g/mol. The summed E-state index contributed by atoms with van der Waals surface area (Å²) in [5, 5.41) is 8.25. The van der Waals surface area contributed by atoms with E-state index in [9.17, 15) is 0 Å². The van der Waals surface area contributed by atoms with Crippen LogP contribution in [0.15, 0.2) is 24.5 Å². The van der Waals surface area contributed by atoms with Gasteiger partial charge in [-0.1, -0.05) is 7.43 Å². The lowest BCUT2D eigenvalue weighted by molar-refractivity contribution is 1.30. The van der Waals surface area contributed by atoms with E-state index in [2.05, 4.69) is 4.98 Å². The molecule has 0 aromatic carbocycles. The summed E-state index contributed by atoms with van der Waals surface area (Å²) in [4.78, 5) is 3.73. The van der Waals surface area contributed by atoms with Gasteiger partial charge in [-0.2, -0.15) is 5.26 Å². The predicted molar refractivity (Wildman–Crippen MR) is 35.7 cm³/mol. The van der Waals surface area contributed by atoms with Gasteiger partial charge in [-0.3, -0.25) is 4.98 Å². The second-order valence-electron chi connectivity index (χ2n) is 1.35. The summed E-state index contributed by atoms with van der Waals surface area (Å²) in [5.41, 5.74) is 0.604. The Morgan fingerprint density at radius 1 is 1.56 bits per heavy atom. The number of nitriles is 1. The Labute approximate surface area is 54.8 Å². The zero-order valence-electron chi connectivity index (χ0n) is 4.20. The Balaban J connectivity index is 0.000000640. The molecule has 0 unspecified atom stereocenters. The molecule has 0 radical (unpaired) electrons. The molecule has 2 heteroatoms. The third kappa shape index (κ3) is 1.92. The van der Waals surface area contributed by atoms with Gasteiger partial charge in [0.1, 0.15) is 6.07 Å². The van der Waals surface area contributed by atoms with Crippen molar-refractivity contribution in [1.82, 2.24) is 4.98 Å². The topological polar surface area (TPSA) is 36.7 Å². The summed E-state index contributed by atoms with van der Waals surface area (Å²) in [7, 11) is 0. The highest BCUT2D eigenvalue weighted by Crippen LogP contribution is 1.89. The Morgan fingerprint density at radius 3 is 2.67 bits per heavy atom. The van der Waals surface area contributed by atoms with E-state index < -0.39 is 0 Å². The second kappa shape index (κ2) is 3.62. The first-order chi connectivity index (χ1) is 3.93. The smallest absolute Gasteiger partial charge is 0.101 e. The van der Waals surface area contributed by atoms with Crippen LogP contribution >= 0.6 is 0 Å². The fourth-order valence-electron chi connectivity index (χ4n) is 0.429. The average molecular weight is 120 g/mol. The van der Waals surface area contributed by atoms with Crippen molar-refractivity contribution in [3.05, 3.63) is 30.1 Å². The van der Waals surface area contributed by atoms with Crippen molar-refractivity contribution in [3.63, 3.8) is 0 Å². The van der Waals surface area contributed by atoms with E-state index in [0.29, 0.717) is 5.56 Å². The Hall–Kier alpha value is -1.36. The fraction of sp³-hybridized carbons (Fsp3) is 0.143. The molecule has 0 aliphatic heterocycles. The lowest BCUT2D eigenvalue weighted by atomic mass is 10.3. The van der Waals surface area contributed by atoms with Gasteiger partial charge in [0.15, 0.2) is 0 Å². The largest absolute Gasteiger partial charge is 0.263 e. The molecule has 0 spiro atoms. The SMILES string of the molecule is C.N#Cc1cccnc1. The van der Waals surface area contributed by atoms with Gasteiger partial charge in [0.25, 0.3) is 0 Å². The average Bonchev–Trinajstić information content (AvgIpc) is 1.90. The number of hydrogen-bond acceptors (Lipinski definition) is 2. The van der Waals surface area contributed by atoms with Gasteiger partial charge < -0.3 is 0 Å². The van der Waals surface area contributed by atoms with Gasteiger partial charge in [-0.15, -0.1) is 0 Å². The maximum absolute atomic E-state index is 8.25. The van der Waals surface area contributed by atoms with Crippen LogP contribution in [0.3, 0.4) is 0 Å². The van der Waals surface area contributed by atoms with E-state index in [1.54, 1.807) is 18.3 Å². The van der Waals surface area contributed by atoms with Crippen LogP contribution in [0.25, 0.3) is 0 Å². The van der Waals surface area contributed by atoms with Gasteiger partial charge >= 0.3 is 0 Å². The minimum Gasteiger partial charge on any atom is -0.263 e. The molecule has 0 bridgehead atoms. The lowest BCUT2D eigenvalue weighted by Crippen LogP contribution is -1.72. The van der Waals surface area contributed by atoms with E-state index in [0.717, 1.165) is 0 Å². The molecule has 0 aliphatic rings. The molecule has 0 saturated heterocycles. The Morgan fingerprint density at radius 2 is 2.33 bits per heavy atom. The van der Waals surface area contributed by atoms with E-state index in [4.69, 9.17) is 5.26 Å². The first-order valence-electron chi connectivity index (χ1n) is 2.23. The number of aromatic nitrogens is 1. The van der Waals surface area contributed by atoms with Crippen LogP contribution in [0.2, 0.25) is 0 Å². The molecule has 0 amide bonds. The van der Waals surface area contributed by atoms with Crippen molar-refractivity contribution in [2.45, 2.75) is 7.43 Å². The van der Waals surface area contributed by atoms with Gasteiger partial charge in [0, 0.05) is 12.4 Å². The predicted octanol–water partition coefficient (Wildman–Crippen LogP) is 1.59. The quantitative estimate of drug-likeness (QED) is 0.521. The third-order valence-corrected chi connectivity index (χ3v) is 0.791. The zero-order valence-corrected chi connectivity index (χ0v) is 4.20. The molecule has 0 N–H and O–H groups in total. The van der Waals surface area contributed by atoms with Crippen molar-refractivity contribution in [1.29, 1.82) is 5.26 Å². The normalized spacial score (nSPS) is 7.00. The van der Waals surface area contributed by atoms with Crippen LogP contribution in [0.5, 0.6) is 0 Å². The van der Waals surface area contributed by atoms with Crippen molar-refractivity contribution < 1.29 is 0 Å². The summed E-state index contributed by atoms with van der Waals surface area (Å²) in [6, 6.07) is 5.41. The Bertz CT molecular complexity index is 198. The summed E-state index contributed by atoms with van der Waals surface area (Å²) in [6.45, 7) is 0. The minimum absolute atomic E-state index is 0. The van der Waals surface area contributed by atoms with Crippen molar-refractivity contribution in [2.75, 3.05) is 0 Å². The van der Waals surface area contributed by atoms with Gasteiger partial charge in [0.05, 0.1) is 5.56 Å². The molecule has 0 aliphatic carbocycles. The molecule has 1 heterocycles. The molecule has 2 nitrogen and oxygen atoms in total. The maximum atomic E-state index is 8.25. The third-order valence-electron chi connectivity index (χ3n) is 0.791. The lowest BCUT2D eigenvalue weighted by Gasteiger charge is -1.79. The van der Waals surface area contributed by atoms with Crippen molar-refractivity contribution >= 4 is 0 Å². The van der Waals surface area contributed by atoms with Gasteiger partial charge in [0.2, 0.25) is 0 Å². The molecule has 1 aromatic heterocycles. The number of rotatable bonds is 0. The van der Waals surface area contributed by atoms with Gasteiger partial charge in [-0.05, 0) is 12.1 Å². The number of pyridine rings is 1. The molecule has 9 heavy (non-hydrogen) atoms. The van der Waals surface area contributed by atoms with Crippen molar-refractivity contribution in [2.24, 2.45) is 0 Å². The second-order valence-corrected chi connectivity index (χ2v) is 1.35. The monoisotopic (exact) mass is 120 g/mol. The van der Waals surface area contributed by atoms with Crippen LogP contribution in [-0.4, -0.2) is 4.98 Å². The van der Waals surface area contributed by atoms with E-state index in [1.807, 2.05) is 6.07 Å². The summed E-state index contributed by atoms with van der Waals surface area (Å²) in [5.74, 6) is 0. The first-order valence-corrected chi connectivity index (χ1v) is 2.23. The van der Waals surface area contributed by atoms with Gasteiger partial charge in [-0.25, -0.2) is 0 Å². The summed E-state index contributed by atoms with van der Waals surface area (Å²) < 4.78 is 0. The highest BCUT2D eigenvalue weighted by molar-refractivity contribution is 5.23. The Kier molecular flexibility index (Phi) is 3.07. The first kappa shape index (κ1) is 7.64. The fourth-order valence-corrected chi connectivity index (χ4v) is 0.429. The van der Waals surface area contributed by atoms with Crippen LogP contribution in [0.1, 0.15) is 13.0 Å². The van der Waals surface area contributed by atoms with Crippen LogP contribution in [0.4, 0.5) is 0 Å². The van der Waals surface area contributed by atoms with Crippen LogP contribution in [0, 0.1) is 11.3 Å². The highest BCUT2D eigenvalue weighted by Gasteiger charge is 1.80. The summed E-state index contributed by atoms with van der Waals surface area (Å²) >= 11 is 0. The molecule has 1 aromatic rings. The van der Waals surface area contributed by atoms with Crippen LogP contribution in [-0.2, 0) is 0 Å². The van der Waals surface area contributed by atoms with Crippen molar-refractivity contribution in [3.8, 4) is 6.07 Å². The minimum atomic E-state index is 0. The maximum Gasteiger partial charge on any atom is 0.101 e. The zero-order chi connectivity index (χ0) is 5.82. The molecule has 46 valence electrons.